The van der Waals surface area contributed by atoms with Gasteiger partial charge in [-0.15, -0.1) is 0 Å². The van der Waals surface area contributed by atoms with Gasteiger partial charge in [0, 0.05) is 10.6 Å². The Morgan fingerprint density at radius 2 is 1.82 bits per heavy atom. The van der Waals surface area contributed by atoms with Gasteiger partial charge in [0.15, 0.2) is 16.3 Å². The molecule has 0 saturated heterocycles. The molecule has 0 saturated carbocycles. The molecular weight excluding hydrogens is 563 g/mol. The average Bonchev–Trinajstić information content (AvgIpc) is 3.22. The van der Waals surface area contributed by atoms with E-state index in [0.717, 1.165) is 6.42 Å². The van der Waals surface area contributed by atoms with Gasteiger partial charge in [0.25, 0.3) is 5.56 Å². The molecule has 11 heteroatoms. The summed E-state index contributed by atoms with van der Waals surface area (Å²) in [5, 5.41) is 0.775. The lowest BCUT2D eigenvalue weighted by Gasteiger charge is -2.27. The van der Waals surface area contributed by atoms with E-state index in [2.05, 4.69) is 0 Å². The Morgan fingerprint density at radius 1 is 1.08 bits per heavy atom. The van der Waals surface area contributed by atoms with Crippen molar-refractivity contribution >= 4 is 46.6 Å². The van der Waals surface area contributed by atoms with Crippen LogP contribution in [0.3, 0.4) is 0 Å². The summed E-state index contributed by atoms with van der Waals surface area (Å²) in [5.74, 6) is 0.761. The van der Waals surface area contributed by atoms with Crippen LogP contribution in [0.1, 0.15) is 43.9 Å². The second kappa shape index (κ2) is 12.3. The van der Waals surface area contributed by atoms with E-state index in [4.69, 9.17) is 47.1 Å². The number of allylic oxidation sites excluding steroid dienone is 1. The number of nitrogens with zero attached hydrogens (tertiary/aromatic N) is 2. The van der Waals surface area contributed by atoms with Crippen molar-refractivity contribution in [3.05, 3.63) is 82.5 Å². The highest BCUT2D eigenvalue weighted by molar-refractivity contribution is 7.07. The Kier molecular flexibility index (Phi) is 9.04. The zero-order valence-corrected chi connectivity index (χ0v) is 24.5. The second-order valence-corrected chi connectivity index (χ2v) is 10.4. The summed E-state index contributed by atoms with van der Waals surface area (Å²) in [7, 11) is 4.54. The fourth-order valence-electron chi connectivity index (χ4n) is 4.51. The molecule has 8 nitrogen and oxygen atoms in total. The number of ether oxygens (including phenoxy) is 4. The smallest absolute Gasteiger partial charge is 0.338 e. The van der Waals surface area contributed by atoms with Crippen molar-refractivity contribution in [2.75, 3.05) is 27.9 Å². The van der Waals surface area contributed by atoms with Gasteiger partial charge >= 0.3 is 5.97 Å². The monoisotopic (exact) mass is 590 g/mol. The molecule has 0 spiro atoms. The molecule has 0 bridgehead atoms. The zero-order valence-electron chi connectivity index (χ0n) is 22.2. The van der Waals surface area contributed by atoms with Gasteiger partial charge in [-0.2, -0.15) is 0 Å². The highest BCUT2D eigenvalue weighted by atomic mass is 35.5. The van der Waals surface area contributed by atoms with Crippen LogP contribution in [0.15, 0.2) is 51.4 Å². The molecule has 0 aliphatic carbocycles. The Bertz CT molecular complexity index is 1630. The van der Waals surface area contributed by atoms with E-state index < -0.39 is 12.0 Å². The number of carbonyl (C=O) groups excluding carboxylic acids is 1. The minimum Gasteiger partial charge on any atom is -0.496 e. The van der Waals surface area contributed by atoms with Crippen LogP contribution in [0.4, 0.5) is 0 Å². The van der Waals surface area contributed by atoms with Gasteiger partial charge in [-0.25, -0.2) is 9.79 Å². The van der Waals surface area contributed by atoms with Crippen molar-refractivity contribution in [3.8, 4) is 17.2 Å². The normalized spacial score (nSPS) is 15.1. The molecule has 0 radical (unpaired) electrons. The number of esters is 1. The topological polar surface area (TPSA) is 88.4 Å². The quantitative estimate of drug-likeness (QED) is 0.329. The Labute approximate surface area is 239 Å². The van der Waals surface area contributed by atoms with Crippen molar-refractivity contribution in [2.45, 2.75) is 32.7 Å². The predicted octanol–water partition coefficient (Wildman–Crippen LogP) is 4.91. The van der Waals surface area contributed by atoms with E-state index in [0.29, 0.717) is 59.9 Å². The first kappa shape index (κ1) is 28.7. The lowest BCUT2D eigenvalue weighted by atomic mass is 9.93. The van der Waals surface area contributed by atoms with Crippen molar-refractivity contribution < 1.29 is 23.7 Å². The first-order valence-electron chi connectivity index (χ1n) is 12.2. The summed E-state index contributed by atoms with van der Waals surface area (Å²) in [6, 6.07) is 7.66. The first-order valence-corrected chi connectivity index (χ1v) is 13.8. The average molecular weight is 592 g/mol. The maximum atomic E-state index is 14.0. The Balaban J connectivity index is 2.04. The molecule has 1 aliphatic heterocycles. The standard InChI is InChI=1S/C28H28Cl2N2O6S/c1-6-8-19-23(27(34)38-7-2)24(17-14-16(29)9-10-20(17)35-3)32-26(33)22(39-28(32)31-19)13-15-11-18(30)25(37-5)21(12-15)36-4/h9-14,24H,6-8H2,1-5H3/b22-13+/t24-/m0/s1. The minimum absolute atomic E-state index is 0.172. The number of fused-ring (bicyclic) bond motifs is 1. The number of aromatic nitrogens is 1. The van der Waals surface area contributed by atoms with E-state index in [1.54, 1.807) is 43.3 Å². The fraction of sp³-hybridized carbons (Fsp3) is 0.321. The Morgan fingerprint density at radius 3 is 2.46 bits per heavy atom. The van der Waals surface area contributed by atoms with Gasteiger partial charge in [-0.1, -0.05) is 47.9 Å². The molecule has 0 fully saturated rings. The summed E-state index contributed by atoms with van der Waals surface area (Å²) in [6.45, 7) is 3.90. The zero-order chi connectivity index (χ0) is 28.3. The third-order valence-electron chi connectivity index (χ3n) is 6.13. The number of hydrogen-bond donors (Lipinski definition) is 0. The van der Waals surface area contributed by atoms with Crippen LogP contribution < -0.4 is 29.1 Å². The molecular formula is C28H28Cl2N2O6S. The van der Waals surface area contributed by atoms with Crippen LogP contribution in [-0.4, -0.2) is 38.5 Å². The maximum Gasteiger partial charge on any atom is 0.338 e. The van der Waals surface area contributed by atoms with Crippen molar-refractivity contribution in [1.29, 1.82) is 0 Å². The molecule has 0 N–H and O–H groups in total. The molecule has 2 heterocycles. The van der Waals surface area contributed by atoms with Gasteiger partial charge in [0.1, 0.15) is 11.8 Å². The molecule has 2 aromatic carbocycles. The van der Waals surface area contributed by atoms with Crippen LogP contribution in [0.2, 0.25) is 10.0 Å². The molecule has 4 rings (SSSR count). The highest BCUT2D eigenvalue weighted by Gasteiger charge is 2.36. The van der Waals surface area contributed by atoms with Crippen LogP contribution >= 0.6 is 34.5 Å². The molecule has 1 aliphatic rings. The summed E-state index contributed by atoms with van der Waals surface area (Å²) in [4.78, 5) is 32.6. The first-order chi connectivity index (χ1) is 18.8. The van der Waals surface area contributed by atoms with Crippen LogP contribution in [-0.2, 0) is 9.53 Å². The van der Waals surface area contributed by atoms with E-state index in [1.165, 1.54) is 37.2 Å². The lowest BCUT2D eigenvalue weighted by molar-refractivity contribution is -0.139. The van der Waals surface area contributed by atoms with Gasteiger partial charge in [-0.3, -0.25) is 9.36 Å². The summed E-state index contributed by atoms with van der Waals surface area (Å²) in [6.07, 6.45) is 2.96. The maximum absolute atomic E-state index is 14.0. The Hall–Kier alpha value is -3.27. The largest absolute Gasteiger partial charge is 0.496 e. The predicted molar refractivity (Wildman–Crippen MR) is 152 cm³/mol. The summed E-state index contributed by atoms with van der Waals surface area (Å²) >= 11 is 14.0. The third-order valence-corrected chi connectivity index (χ3v) is 7.63. The second-order valence-electron chi connectivity index (χ2n) is 8.54. The van der Waals surface area contributed by atoms with E-state index in [1.807, 2.05) is 6.92 Å². The summed E-state index contributed by atoms with van der Waals surface area (Å²) < 4.78 is 23.7. The number of hydrogen-bond acceptors (Lipinski definition) is 8. The van der Waals surface area contributed by atoms with Gasteiger partial charge in [0.2, 0.25) is 0 Å². The number of thiazole rings is 1. The number of methoxy groups -OCH3 is 3. The van der Waals surface area contributed by atoms with Crippen LogP contribution in [0, 0.1) is 0 Å². The molecule has 0 unspecified atom stereocenters. The minimum atomic E-state index is -0.855. The third kappa shape index (κ3) is 5.57. The molecule has 206 valence electrons. The van der Waals surface area contributed by atoms with Gasteiger partial charge < -0.3 is 18.9 Å². The van der Waals surface area contributed by atoms with E-state index in [9.17, 15) is 9.59 Å². The lowest BCUT2D eigenvalue weighted by Crippen LogP contribution is -2.40. The number of benzene rings is 2. The van der Waals surface area contributed by atoms with Gasteiger partial charge in [0.05, 0.1) is 48.8 Å². The summed E-state index contributed by atoms with van der Waals surface area (Å²) in [5.41, 5.74) is 1.70. The van der Waals surface area contributed by atoms with E-state index in [-0.39, 0.29) is 17.7 Å². The molecule has 39 heavy (non-hydrogen) atoms. The van der Waals surface area contributed by atoms with Crippen molar-refractivity contribution in [2.24, 2.45) is 4.99 Å². The fourth-order valence-corrected chi connectivity index (χ4v) is 6.00. The van der Waals surface area contributed by atoms with Crippen molar-refractivity contribution in [3.63, 3.8) is 0 Å². The molecule has 1 atom stereocenters. The van der Waals surface area contributed by atoms with Gasteiger partial charge in [-0.05, 0) is 55.3 Å². The van der Waals surface area contributed by atoms with Crippen LogP contribution in [0.25, 0.3) is 6.08 Å². The highest BCUT2D eigenvalue weighted by Crippen LogP contribution is 2.39. The number of carbonyl (C=O) groups is 1. The molecule has 0 amide bonds. The van der Waals surface area contributed by atoms with E-state index >= 15 is 0 Å². The molecule has 3 aromatic rings. The van der Waals surface area contributed by atoms with Crippen molar-refractivity contribution in [1.82, 2.24) is 4.57 Å². The SMILES string of the molecule is CCCC1=C(C(=O)OCC)[C@H](c2cc(Cl)ccc2OC)n2c(s/c(=C/c3cc(Cl)c(OC)c(OC)c3)c2=O)=N1. The number of halogens is 2. The number of rotatable bonds is 9. The van der Waals surface area contributed by atoms with Crippen LogP contribution in [0.5, 0.6) is 17.2 Å². The molecule has 1 aromatic heterocycles.